The third-order valence-corrected chi connectivity index (χ3v) is 2.66. The lowest BCUT2D eigenvalue weighted by Crippen LogP contribution is -2.30. The van der Waals surface area contributed by atoms with Crippen LogP contribution in [0, 0.1) is 5.92 Å². The summed E-state index contributed by atoms with van der Waals surface area (Å²) in [7, 11) is 0. The molecule has 0 bridgehead atoms. The first-order valence-electron chi connectivity index (χ1n) is 4.69. The molecule has 3 heteroatoms. The van der Waals surface area contributed by atoms with E-state index in [0.29, 0.717) is 18.5 Å². The minimum atomic E-state index is 0.327. The first-order valence-corrected chi connectivity index (χ1v) is 5.64. The summed E-state index contributed by atoms with van der Waals surface area (Å²) >= 11 is 1.72. The molecule has 1 heterocycles. The third kappa shape index (κ3) is 3.46. The molecule has 1 aromatic heterocycles. The predicted molar refractivity (Wildman–Crippen MR) is 59.0 cm³/mol. The van der Waals surface area contributed by atoms with Crippen molar-refractivity contribution < 1.29 is 0 Å². The van der Waals surface area contributed by atoms with Crippen molar-refractivity contribution in [2.75, 3.05) is 13.1 Å². The molecule has 1 rings (SSSR count). The number of hydrogen-bond acceptors (Lipinski definition) is 3. The van der Waals surface area contributed by atoms with E-state index in [1.54, 1.807) is 11.3 Å². The summed E-state index contributed by atoms with van der Waals surface area (Å²) in [6, 6.07) is 2.46. The van der Waals surface area contributed by atoms with Crippen molar-refractivity contribution in [3.8, 4) is 0 Å². The van der Waals surface area contributed by atoms with Crippen molar-refractivity contribution in [3.63, 3.8) is 0 Å². The zero-order valence-corrected chi connectivity index (χ0v) is 9.10. The fourth-order valence-electron chi connectivity index (χ4n) is 1.19. The van der Waals surface area contributed by atoms with Crippen LogP contribution in [0.2, 0.25) is 0 Å². The third-order valence-electron chi connectivity index (χ3n) is 1.95. The fraction of sp³-hybridized carbons (Fsp3) is 0.600. The summed E-state index contributed by atoms with van der Waals surface area (Å²) in [5.41, 5.74) is 7.01. The monoisotopic (exact) mass is 198 g/mol. The van der Waals surface area contributed by atoms with Gasteiger partial charge >= 0.3 is 0 Å². The quantitative estimate of drug-likeness (QED) is 0.759. The lowest BCUT2D eigenvalue weighted by Gasteiger charge is -2.17. The van der Waals surface area contributed by atoms with Gasteiger partial charge in [0, 0.05) is 12.6 Å². The van der Waals surface area contributed by atoms with E-state index >= 15 is 0 Å². The fourth-order valence-corrected chi connectivity index (χ4v) is 1.90. The van der Waals surface area contributed by atoms with E-state index in [4.69, 9.17) is 5.73 Å². The van der Waals surface area contributed by atoms with Crippen LogP contribution in [0.4, 0.5) is 0 Å². The summed E-state index contributed by atoms with van der Waals surface area (Å²) in [6.07, 6.45) is 0. The van der Waals surface area contributed by atoms with Gasteiger partial charge in [0.1, 0.15) is 0 Å². The van der Waals surface area contributed by atoms with Gasteiger partial charge in [0.15, 0.2) is 0 Å². The van der Waals surface area contributed by atoms with Gasteiger partial charge in [-0.3, -0.25) is 0 Å². The second kappa shape index (κ2) is 5.37. The maximum Gasteiger partial charge on any atom is 0.0452 e. The van der Waals surface area contributed by atoms with Gasteiger partial charge in [0.05, 0.1) is 0 Å². The molecule has 1 atom stereocenters. The molecule has 13 heavy (non-hydrogen) atoms. The summed E-state index contributed by atoms with van der Waals surface area (Å²) in [5.74, 6) is 0.674. The van der Waals surface area contributed by atoms with Crippen LogP contribution in [0.1, 0.15) is 25.5 Å². The predicted octanol–water partition coefficient (Wildman–Crippen LogP) is 1.99. The highest BCUT2D eigenvalue weighted by Gasteiger charge is 2.08. The molecular formula is C10H18N2S. The molecule has 0 saturated carbocycles. The van der Waals surface area contributed by atoms with Crippen molar-refractivity contribution >= 4 is 11.3 Å². The molecule has 0 fully saturated rings. The standard InChI is InChI=1S/C10H18N2S/c1-8(2)6-12-10(5-11)9-3-4-13-7-9/h3-4,7-8,10,12H,5-6,11H2,1-2H3. The topological polar surface area (TPSA) is 38.0 Å². The van der Waals surface area contributed by atoms with Crippen LogP contribution < -0.4 is 11.1 Å². The van der Waals surface area contributed by atoms with Crippen molar-refractivity contribution in [3.05, 3.63) is 22.4 Å². The Bertz CT molecular complexity index is 219. The molecule has 3 N–H and O–H groups in total. The number of hydrogen-bond donors (Lipinski definition) is 2. The first kappa shape index (κ1) is 10.7. The number of rotatable bonds is 5. The van der Waals surface area contributed by atoms with E-state index < -0.39 is 0 Å². The van der Waals surface area contributed by atoms with Gasteiger partial charge in [-0.1, -0.05) is 13.8 Å². The molecule has 1 aromatic rings. The van der Waals surface area contributed by atoms with E-state index in [2.05, 4.69) is 36.0 Å². The molecule has 1 unspecified atom stereocenters. The molecule has 0 amide bonds. The Morgan fingerprint density at radius 1 is 1.54 bits per heavy atom. The molecule has 0 aliphatic heterocycles. The van der Waals surface area contributed by atoms with Crippen molar-refractivity contribution in [1.29, 1.82) is 0 Å². The van der Waals surface area contributed by atoms with E-state index in [1.807, 2.05) is 0 Å². The zero-order valence-electron chi connectivity index (χ0n) is 8.29. The Morgan fingerprint density at radius 3 is 2.77 bits per heavy atom. The van der Waals surface area contributed by atoms with Crippen molar-refractivity contribution in [1.82, 2.24) is 5.32 Å². The molecule has 0 aromatic carbocycles. The average Bonchev–Trinajstić information content (AvgIpc) is 2.58. The summed E-state index contributed by atoms with van der Waals surface area (Å²) in [5, 5.41) is 7.70. The van der Waals surface area contributed by atoms with Crippen molar-refractivity contribution in [2.45, 2.75) is 19.9 Å². The van der Waals surface area contributed by atoms with Gasteiger partial charge in [0.25, 0.3) is 0 Å². The number of thiophene rings is 1. The first-order chi connectivity index (χ1) is 6.24. The smallest absolute Gasteiger partial charge is 0.0452 e. The molecule has 2 nitrogen and oxygen atoms in total. The lowest BCUT2D eigenvalue weighted by atomic mass is 10.1. The maximum absolute atomic E-state index is 5.69. The Hall–Kier alpha value is -0.380. The van der Waals surface area contributed by atoms with Crippen LogP contribution in [0.15, 0.2) is 16.8 Å². The molecule has 0 aliphatic carbocycles. The van der Waals surface area contributed by atoms with E-state index in [9.17, 15) is 0 Å². The Labute approximate surface area is 84.2 Å². The van der Waals surface area contributed by atoms with E-state index in [-0.39, 0.29) is 0 Å². The largest absolute Gasteiger partial charge is 0.329 e. The number of nitrogens with one attached hydrogen (secondary N) is 1. The highest BCUT2D eigenvalue weighted by Crippen LogP contribution is 2.15. The van der Waals surface area contributed by atoms with Crippen molar-refractivity contribution in [2.24, 2.45) is 11.7 Å². The SMILES string of the molecule is CC(C)CNC(CN)c1ccsc1. The second-order valence-corrected chi connectivity index (χ2v) is 4.43. The highest BCUT2D eigenvalue weighted by atomic mass is 32.1. The van der Waals surface area contributed by atoms with E-state index in [0.717, 1.165) is 6.54 Å². The second-order valence-electron chi connectivity index (χ2n) is 3.65. The van der Waals surface area contributed by atoms with Gasteiger partial charge in [0.2, 0.25) is 0 Å². The van der Waals surface area contributed by atoms with Crippen LogP contribution in [0.5, 0.6) is 0 Å². The van der Waals surface area contributed by atoms with Gasteiger partial charge in [-0.25, -0.2) is 0 Å². The average molecular weight is 198 g/mol. The summed E-state index contributed by atoms with van der Waals surface area (Å²) in [6.45, 7) is 6.10. The van der Waals surface area contributed by atoms with Crippen LogP contribution in [-0.4, -0.2) is 13.1 Å². The minimum absolute atomic E-state index is 0.327. The van der Waals surface area contributed by atoms with Gasteiger partial charge in [-0.15, -0.1) is 0 Å². The summed E-state index contributed by atoms with van der Waals surface area (Å²) < 4.78 is 0. The summed E-state index contributed by atoms with van der Waals surface area (Å²) in [4.78, 5) is 0. The molecule has 0 aliphatic rings. The Balaban J connectivity index is 2.44. The van der Waals surface area contributed by atoms with Crippen LogP contribution in [-0.2, 0) is 0 Å². The van der Waals surface area contributed by atoms with Gasteiger partial charge < -0.3 is 11.1 Å². The molecule has 0 saturated heterocycles. The number of nitrogens with two attached hydrogens (primary N) is 1. The van der Waals surface area contributed by atoms with Gasteiger partial charge in [-0.2, -0.15) is 11.3 Å². The Morgan fingerprint density at radius 2 is 2.31 bits per heavy atom. The zero-order chi connectivity index (χ0) is 9.68. The Kier molecular flexibility index (Phi) is 4.42. The van der Waals surface area contributed by atoms with Crippen LogP contribution >= 0.6 is 11.3 Å². The molecule has 0 radical (unpaired) electrons. The van der Waals surface area contributed by atoms with E-state index in [1.165, 1.54) is 5.56 Å². The molecule has 74 valence electrons. The lowest BCUT2D eigenvalue weighted by molar-refractivity contribution is 0.480. The maximum atomic E-state index is 5.69. The molecule has 0 spiro atoms. The van der Waals surface area contributed by atoms with Crippen LogP contribution in [0.25, 0.3) is 0 Å². The van der Waals surface area contributed by atoms with Gasteiger partial charge in [-0.05, 0) is 34.9 Å². The highest BCUT2D eigenvalue weighted by molar-refractivity contribution is 7.07. The minimum Gasteiger partial charge on any atom is -0.329 e. The normalized spacial score (nSPS) is 13.5. The van der Waals surface area contributed by atoms with Crippen LogP contribution in [0.3, 0.4) is 0 Å². The molecular weight excluding hydrogens is 180 g/mol.